The van der Waals surface area contributed by atoms with E-state index in [0.29, 0.717) is 24.2 Å². The molecule has 1 aliphatic rings. The van der Waals surface area contributed by atoms with Crippen molar-refractivity contribution in [3.8, 4) is 11.6 Å². The lowest BCUT2D eigenvalue weighted by molar-refractivity contribution is -0.0222. The van der Waals surface area contributed by atoms with Gasteiger partial charge in [0.15, 0.2) is 5.82 Å². The van der Waals surface area contributed by atoms with Crippen molar-refractivity contribution < 1.29 is 9.26 Å². The Balaban J connectivity index is 1.73. The summed E-state index contributed by atoms with van der Waals surface area (Å²) in [5.74, 6) is 0.561. The van der Waals surface area contributed by atoms with Crippen molar-refractivity contribution in [1.29, 1.82) is 0 Å². The number of hydrogen-bond acceptors (Lipinski definition) is 7. The lowest BCUT2D eigenvalue weighted by Crippen LogP contribution is -2.41. The van der Waals surface area contributed by atoms with Crippen molar-refractivity contribution in [1.82, 2.24) is 20.3 Å². The molecule has 8 nitrogen and oxygen atoms in total. The molecular formula is C13H17N5O3. The molecule has 2 heterocycles. The highest BCUT2D eigenvalue weighted by Gasteiger charge is 2.30. The molecule has 2 aromatic rings. The number of rotatable bonds is 5. The quantitative estimate of drug-likeness (QED) is 0.825. The molecular weight excluding hydrogens is 274 g/mol. The fourth-order valence-corrected chi connectivity index (χ4v) is 1.92. The fraction of sp³-hybridized carbons (Fsp3) is 0.538. The Kier molecular flexibility index (Phi) is 3.56. The van der Waals surface area contributed by atoms with E-state index in [4.69, 9.17) is 15.0 Å². The van der Waals surface area contributed by atoms with E-state index in [2.05, 4.69) is 20.3 Å². The van der Waals surface area contributed by atoms with Crippen molar-refractivity contribution in [2.75, 3.05) is 6.61 Å². The summed E-state index contributed by atoms with van der Waals surface area (Å²) in [4.78, 5) is 15.2. The summed E-state index contributed by atoms with van der Waals surface area (Å²) in [6.45, 7) is 2.12. The molecule has 112 valence electrons. The maximum absolute atomic E-state index is 11.0. The third kappa shape index (κ3) is 3.01. The predicted octanol–water partition coefficient (Wildman–Crippen LogP) is 0.563. The highest BCUT2D eigenvalue weighted by atomic mass is 16.5. The predicted molar refractivity (Wildman–Crippen MR) is 73.3 cm³/mol. The van der Waals surface area contributed by atoms with Crippen LogP contribution in [-0.2, 0) is 10.3 Å². The minimum absolute atomic E-state index is 0.210. The molecule has 0 bridgehead atoms. The van der Waals surface area contributed by atoms with Gasteiger partial charge in [0.2, 0.25) is 0 Å². The molecule has 1 fully saturated rings. The number of H-pyrrole nitrogens is 1. The van der Waals surface area contributed by atoms with E-state index in [1.807, 2.05) is 0 Å². The van der Waals surface area contributed by atoms with Gasteiger partial charge in [-0.25, -0.2) is 5.10 Å². The Bertz CT molecular complexity index is 654. The smallest absolute Gasteiger partial charge is 0.278 e. The number of nitrogens with one attached hydrogen (secondary N) is 1. The zero-order chi connectivity index (χ0) is 14.9. The van der Waals surface area contributed by atoms with E-state index in [0.717, 1.165) is 12.8 Å². The van der Waals surface area contributed by atoms with Crippen LogP contribution < -0.4 is 11.3 Å². The van der Waals surface area contributed by atoms with Crippen LogP contribution in [0.2, 0.25) is 0 Å². The first-order valence-electron chi connectivity index (χ1n) is 6.85. The summed E-state index contributed by atoms with van der Waals surface area (Å²) in [7, 11) is 0. The Morgan fingerprint density at radius 3 is 2.95 bits per heavy atom. The summed E-state index contributed by atoms with van der Waals surface area (Å²) < 4.78 is 10.9. The molecule has 0 amide bonds. The highest BCUT2D eigenvalue weighted by Crippen LogP contribution is 2.25. The Morgan fingerprint density at radius 2 is 2.33 bits per heavy atom. The van der Waals surface area contributed by atoms with Gasteiger partial charge < -0.3 is 15.0 Å². The van der Waals surface area contributed by atoms with Crippen LogP contribution in [0.3, 0.4) is 0 Å². The normalized spacial score (nSPS) is 18.2. The van der Waals surface area contributed by atoms with Crippen molar-refractivity contribution >= 4 is 0 Å². The average molecular weight is 291 g/mol. The Labute approximate surface area is 120 Å². The van der Waals surface area contributed by atoms with E-state index in [1.165, 1.54) is 18.6 Å². The zero-order valence-corrected chi connectivity index (χ0v) is 11.7. The van der Waals surface area contributed by atoms with Gasteiger partial charge in [0, 0.05) is 6.07 Å². The maximum atomic E-state index is 11.0. The zero-order valence-electron chi connectivity index (χ0n) is 11.7. The van der Waals surface area contributed by atoms with Crippen molar-refractivity contribution in [3.63, 3.8) is 0 Å². The van der Waals surface area contributed by atoms with E-state index in [-0.39, 0.29) is 11.4 Å². The SMILES string of the molecule is CC(N)(COC1CCC1)c1noc(-c2ccc(=O)[nH]n2)n1. The molecule has 0 aromatic carbocycles. The first-order valence-corrected chi connectivity index (χ1v) is 6.85. The van der Waals surface area contributed by atoms with Crippen LogP contribution in [0.1, 0.15) is 32.0 Å². The van der Waals surface area contributed by atoms with E-state index >= 15 is 0 Å². The summed E-state index contributed by atoms with van der Waals surface area (Å²) in [5.41, 5.74) is 5.46. The lowest BCUT2D eigenvalue weighted by Gasteiger charge is -2.29. The molecule has 21 heavy (non-hydrogen) atoms. The van der Waals surface area contributed by atoms with Crippen LogP contribution in [0.25, 0.3) is 11.6 Å². The van der Waals surface area contributed by atoms with Crippen molar-refractivity contribution in [2.24, 2.45) is 5.73 Å². The first kappa shape index (κ1) is 13.9. The monoisotopic (exact) mass is 291 g/mol. The summed E-state index contributed by atoms with van der Waals surface area (Å²) >= 11 is 0. The van der Waals surface area contributed by atoms with Crippen molar-refractivity contribution in [3.05, 3.63) is 28.3 Å². The second-order valence-corrected chi connectivity index (χ2v) is 5.51. The number of nitrogens with two attached hydrogens (primary N) is 1. The van der Waals surface area contributed by atoms with E-state index < -0.39 is 5.54 Å². The van der Waals surface area contributed by atoms with Gasteiger partial charge >= 0.3 is 0 Å². The molecule has 3 N–H and O–H groups in total. The maximum Gasteiger partial charge on any atom is 0.278 e. The molecule has 1 atom stereocenters. The Hall–Kier alpha value is -2.06. The van der Waals surface area contributed by atoms with Gasteiger partial charge in [-0.2, -0.15) is 10.1 Å². The molecule has 1 unspecified atom stereocenters. The summed E-state index contributed by atoms with van der Waals surface area (Å²) in [5, 5.41) is 10.0. The molecule has 1 saturated carbocycles. The van der Waals surface area contributed by atoms with Gasteiger partial charge in [-0.05, 0) is 32.3 Å². The van der Waals surface area contributed by atoms with Crippen LogP contribution in [0.4, 0.5) is 0 Å². The van der Waals surface area contributed by atoms with Crippen LogP contribution in [-0.4, -0.2) is 33.0 Å². The average Bonchev–Trinajstić information content (AvgIpc) is 2.88. The number of aromatic nitrogens is 4. The van der Waals surface area contributed by atoms with Crippen LogP contribution in [0.15, 0.2) is 21.5 Å². The molecule has 0 radical (unpaired) electrons. The van der Waals surface area contributed by atoms with Gasteiger partial charge in [0.1, 0.15) is 11.2 Å². The molecule has 3 rings (SSSR count). The molecule has 1 aliphatic carbocycles. The van der Waals surface area contributed by atoms with Crippen LogP contribution in [0, 0.1) is 0 Å². The first-order chi connectivity index (χ1) is 10.0. The topological polar surface area (TPSA) is 120 Å². The molecule has 0 spiro atoms. The van der Waals surface area contributed by atoms with Gasteiger partial charge in [0.25, 0.3) is 11.4 Å². The largest absolute Gasteiger partial charge is 0.376 e. The van der Waals surface area contributed by atoms with E-state index in [9.17, 15) is 4.79 Å². The molecule has 0 saturated heterocycles. The van der Waals surface area contributed by atoms with Gasteiger partial charge in [0.05, 0.1) is 12.7 Å². The van der Waals surface area contributed by atoms with E-state index in [1.54, 1.807) is 6.92 Å². The standard InChI is InChI=1S/C13H17N5O3/c1-13(14,7-20-8-3-2-4-8)12-15-11(21-18-12)9-5-6-10(19)17-16-9/h5-6,8H,2-4,7,14H2,1H3,(H,17,19). The third-order valence-corrected chi connectivity index (χ3v) is 3.51. The minimum atomic E-state index is -0.834. The number of hydrogen-bond donors (Lipinski definition) is 2. The highest BCUT2D eigenvalue weighted by molar-refractivity contribution is 5.44. The lowest BCUT2D eigenvalue weighted by atomic mass is 9.95. The number of ether oxygens (including phenoxy) is 1. The third-order valence-electron chi connectivity index (χ3n) is 3.51. The Morgan fingerprint density at radius 1 is 1.52 bits per heavy atom. The summed E-state index contributed by atoms with van der Waals surface area (Å²) in [6.07, 6.45) is 3.65. The summed E-state index contributed by atoms with van der Waals surface area (Å²) in [6, 6.07) is 2.85. The van der Waals surface area contributed by atoms with Gasteiger partial charge in [-0.3, -0.25) is 4.79 Å². The molecule has 8 heteroatoms. The number of aromatic amines is 1. The fourth-order valence-electron chi connectivity index (χ4n) is 1.92. The second-order valence-electron chi connectivity index (χ2n) is 5.51. The molecule has 0 aliphatic heterocycles. The minimum Gasteiger partial charge on any atom is -0.376 e. The molecule has 2 aromatic heterocycles. The number of nitrogens with zero attached hydrogens (tertiary/aromatic N) is 3. The second kappa shape index (κ2) is 5.38. The van der Waals surface area contributed by atoms with Gasteiger partial charge in [-0.15, -0.1) is 0 Å². The van der Waals surface area contributed by atoms with Gasteiger partial charge in [-0.1, -0.05) is 5.16 Å². The van der Waals surface area contributed by atoms with Crippen LogP contribution >= 0.6 is 0 Å². The van der Waals surface area contributed by atoms with Crippen molar-refractivity contribution in [2.45, 2.75) is 37.8 Å². The van der Waals surface area contributed by atoms with Crippen LogP contribution in [0.5, 0.6) is 0 Å².